The Balaban J connectivity index is 1.80. The van der Waals surface area contributed by atoms with Crippen molar-refractivity contribution in [2.45, 2.75) is 26.6 Å². The van der Waals surface area contributed by atoms with Crippen LogP contribution in [0.2, 0.25) is 0 Å². The van der Waals surface area contributed by atoms with E-state index in [4.69, 9.17) is 0 Å². The van der Waals surface area contributed by atoms with E-state index in [9.17, 15) is 18.0 Å². The summed E-state index contributed by atoms with van der Waals surface area (Å²) in [7, 11) is 0. The van der Waals surface area contributed by atoms with E-state index in [0.29, 0.717) is 5.69 Å². The molecule has 5 nitrogen and oxygen atoms in total. The molecule has 0 aliphatic carbocycles. The van der Waals surface area contributed by atoms with Gasteiger partial charge in [0.2, 0.25) is 0 Å². The van der Waals surface area contributed by atoms with Gasteiger partial charge in [-0.1, -0.05) is 6.07 Å². The van der Waals surface area contributed by atoms with Crippen LogP contribution in [-0.4, -0.2) is 22.4 Å². The number of nitrogens with one attached hydrogen (secondary N) is 2. The van der Waals surface area contributed by atoms with Gasteiger partial charge < -0.3 is 10.6 Å². The number of amides is 2. The van der Waals surface area contributed by atoms with E-state index < -0.39 is 17.9 Å². The largest absolute Gasteiger partial charge is 0.435 e. The first kappa shape index (κ1) is 16.9. The number of rotatable bonds is 4. The normalized spacial score (nSPS) is 11.3. The third-order valence-corrected chi connectivity index (χ3v) is 3.32. The molecule has 124 valence electrons. The van der Waals surface area contributed by atoms with Gasteiger partial charge in [0.1, 0.15) is 0 Å². The molecule has 0 aliphatic rings. The van der Waals surface area contributed by atoms with Crippen molar-refractivity contribution < 1.29 is 18.0 Å². The highest BCUT2D eigenvalue weighted by molar-refractivity contribution is 5.89. The van der Waals surface area contributed by atoms with Crippen molar-refractivity contribution in [2.75, 3.05) is 11.9 Å². The lowest BCUT2D eigenvalue weighted by molar-refractivity contribution is -0.141. The predicted molar refractivity (Wildman–Crippen MR) is 80.2 cm³/mol. The highest BCUT2D eigenvalue weighted by Gasteiger charge is 2.33. The van der Waals surface area contributed by atoms with E-state index >= 15 is 0 Å². The number of aromatic nitrogens is 2. The molecule has 0 saturated heterocycles. The predicted octanol–water partition coefficient (Wildman–Crippen LogP) is 3.34. The molecule has 0 fully saturated rings. The second kappa shape index (κ2) is 6.72. The standard InChI is InChI=1S/C15H17F3N4O/c1-10-3-4-12(9-11(10)2)20-14(23)19-6-8-22-7-5-13(21-22)15(16,17)18/h3-5,7,9H,6,8H2,1-2H3,(H2,19,20,23). The number of urea groups is 1. The molecular formula is C15H17F3N4O. The molecule has 0 aliphatic heterocycles. The fourth-order valence-corrected chi connectivity index (χ4v) is 1.92. The summed E-state index contributed by atoms with van der Waals surface area (Å²) < 4.78 is 38.3. The van der Waals surface area contributed by atoms with Crippen LogP contribution in [0, 0.1) is 13.8 Å². The third-order valence-electron chi connectivity index (χ3n) is 3.32. The molecule has 0 bridgehead atoms. The number of aryl methyl sites for hydroxylation is 2. The summed E-state index contributed by atoms with van der Waals surface area (Å²) in [5.74, 6) is 0. The van der Waals surface area contributed by atoms with Crippen molar-refractivity contribution in [1.82, 2.24) is 15.1 Å². The van der Waals surface area contributed by atoms with Gasteiger partial charge in [0.05, 0.1) is 6.54 Å². The van der Waals surface area contributed by atoms with Crippen LogP contribution in [0.1, 0.15) is 16.8 Å². The summed E-state index contributed by atoms with van der Waals surface area (Å²) in [6.07, 6.45) is -3.23. The number of hydrogen-bond acceptors (Lipinski definition) is 2. The maximum absolute atomic E-state index is 12.4. The molecule has 0 atom stereocenters. The Kier molecular flexibility index (Phi) is 4.92. The molecule has 23 heavy (non-hydrogen) atoms. The summed E-state index contributed by atoms with van der Waals surface area (Å²) in [6.45, 7) is 4.22. The smallest absolute Gasteiger partial charge is 0.336 e. The number of hydrogen-bond donors (Lipinski definition) is 2. The minimum atomic E-state index is -4.46. The zero-order valence-corrected chi connectivity index (χ0v) is 12.7. The Morgan fingerprint density at radius 2 is 1.96 bits per heavy atom. The Morgan fingerprint density at radius 1 is 1.22 bits per heavy atom. The number of benzene rings is 1. The lowest BCUT2D eigenvalue weighted by Gasteiger charge is -2.09. The van der Waals surface area contributed by atoms with Crippen molar-refractivity contribution in [2.24, 2.45) is 0 Å². The van der Waals surface area contributed by atoms with Crippen LogP contribution in [0.5, 0.6) is 0 Å². The minimum absolute atomic E-state index is 0.149. The summed E-state index contributed by atoms with van der Waals surface area (Å²) in [5, 5.41) is 8.64. The molecule has 1 heterocycles. The number of carbonyl (C=O) groups excluding carboxylic acids is 1. The molecule has 1 aromatic heterocycles. The topological polar surface area (TPSA) is 59.0 Å². The monoisotopic (exact) mass is 326 g/mol. The first-order chi connectivity index (χ1) is 10.8. The lowest BCUT2D eigenvalue weighted by atomic mass is 10.1. The van der Waals surface area contributed by atoms with Crippen molar-refractivity contribution in [3.05, 3.63) is 47.3 Å². The van der Waals surface area contributed by atoms with Crippen LogP contribution in [-0.2, 0) is 12.7 Å². The number of nitrogens with zero attached hydrogens (tertiary/aromatic N) is 2. The fourth-order valence-electron chi connectivity index (χ4n) is 1.92. The molecule has 0 saturated carbocycles. The van der Waals surface area contributed by atoms with Gasteiger partial charge in [-0.2, -0.15) is 18.3 Å². The Morgan fingerprint density at radius 3 is 2.57 bits per heavy atom. The first-order valence-corrected chi connectivity index (χ1v) is 6.98. The molecule has 2 amide bonds. The van der Waals surface area contributed by atoms with Crippen LogP contribution < -0.4 is 10.6 Å². The van der Waals surface area contributed by atoms with Crippen LogP contribution in [0.15, 0.2) is 30.5 Å². The quantitative estimate of drug-likeness (QED) is 0.905. The summed E-state index contributed by atoms with van der Waals surface area (Å²) in [4.78, 5) is 11.7. The molecule has 2 N–H and O–H groups in total. The molecule has 0 unspecified atom stereocenters. The minimum Gasteiger partial charge on any atom is -0.336 e. The highest BCUT2D eigenvalue weighted by atomic mass is 19.4. The molecule has 8 heteroatoms. The van der Waals surface area contributed by atoms with Crippen molar-refractivity contribution in [1.29, 1.82) is 0 Å². The SMILES string of the molecule is Cc1ccc(NC(=O)NCCn2ccc(C(F)(F)F)n2)cc1C. The molecule has 0 radical (unpaired) electrons. The van der Waals surface area contributed by atoms with Crippen molar-refractivity contribution >= 4 is 11.7 Å². The third kappa shape index (κ3) is 4.73. The van der Waals surface area contributed by atoms with E-state index in [1.807, 2.05) is 26.0 Å². The summed E-state index contributed by atoms with van der Waals surface area (Å²) in [5.41, 5.74) is 1.88. The maximum atomic E-state index is 12.4. The molecule has 0 spiro atoms. The number of carbonyl (C=O) groups is 1. The van der Waals surface area contributed by atoms with E-state index in [-0.39, 0.29) is 13.1 Å². The van der Waals surface area contributed by atoms with Crippen LogP contribution in [0.3, 0.4) is 0 Å². The zero-order valence-electron chi connectivity index (χ0n) is 12.7. The van der Waals surface area contributed by atoms with E-state index in [1.165, 1.54) is 6.20 Å². The van der Waals surface area contributed by atoms with E-state index in [2.05, 4.69) is 15.7 Å². The second-order valence-electron chi connectivity index (χ2n) is 5.14. The molecule has 2 aromatic rings. The second-order valence-corrected chi connectivity index (χ2v) is 5.14. The maximum Gasteiger partial charge on any atom is 0.435 e. The van der Waals surface area contributed by atoms with Gasteiger partial charge in [0.15, 0.2) is 5.69 Å². The van der Waals surface area contributed by atoms with Gasteiger partial charge in [-0.15, -0.1) is 0 Å². The fraction of sp³-hybridized carbons (Fsp3) is 0.333. The number of halogens is 3. The van der Waals surface area contributed by atoms with Crippen LogP contribution >= 0.6 is 0 Å². The van der Waals surface area contributed by atoms with E-state index in [0.717, 1.165) is 21.9 Å². The Labute approximate surface area is 131 Å². The zero-order chi connectivity index (χ0) is 17.0. The molecular weight excluding hydrogens is 309 g/mol. The van der Waals surface area contributed by atoms with Gasteiger partial charge >= 0.3 is 12.2 Å². The molecule has 2 rings (SSSR count). The van der Waals surface area contributed by atoms with Gasteiger partial charge in [0.25, 0.3) is 0 Å². The highest BCUT2D eigenvalue weighted by Crippen LogP contribution is 2.27. The first-order valence-electron chi connectivity index (χ1n) is 6.98. The van der Waals surface area contributed by atoms with Gasteiger partial charge in [0, 0.05) is 18.4 Å². The van der Waals surface area contributed by atoms with Crippen molar-refractivity contribution in [3.8, 4) is 0 Å². The lowest BCUT2D eigenvalue weighted by Crippen LogP contribution is -2.31. The molecule has 1 aromatic carbocycles. The summed E-state index contributed by atoms with van der Waals surface area (Å²) >= 11 is 0. The number of anilines is 1. The average Bonchev–Trinajstić information content (AvgIpc) is 2.92. The van der Waals surface area contributed by atoms with Gasteiger partial charge in [-0.25, -0.2) is 4.79 Å². The van der Waals surface area contributed by atoms with Crippen LogP contribution in [0.4, 0.5) is 23.7 Å². The van der Waals surface area contributed by atoms with Gasteiger partial charge in [-0.3, -0.25) is 4.68 Å². The van der Waals surface area contributed by atoms with E-state index in [1.54, 1.807) is 6.07 Å². The van der Waals surface area contributed by atoms with Crippen LogP contribution in [0.25, 0.3) is 0 Å². The Bertz CT molecular complexity index is 694. The van der Waals surface area contributed by atoms with Gasteiger partial charge in [-0.05, 0) is 43.2 Å². The average molecular weight is 326 g/mol. The summed E-state index contributed by atoms with van der Waals surface area (Å²) in [6, 6.07) is 6.00. The Hall–Kier alpha value is -2.51. The number of alkyl halides is 3. The van der Waals surface area contributed by atoms with Crippen molar-refractivity contribution in [3.63, 3.8) is 0 Å².